The number of amides is 1. The first-order valence-corrected chi connectivity index (χ1v) is 8.84. The molecule has 1 fully saturated rings. The highest BCUT2D eigenvalue weighted by Crippen LogP contribution is 2.43. The number of aromatic nitrogens is 1. The summed E-state index contributed by atoms with van der Waals surface area (Å²) in [5.41, 5.74) is 7.66. The third-order valence-electron chi connectivity index (χ3n) is 5.21. The van der Waals surface area contributed by atoms with Crippen molar-refractivity contribution in [2.45, 2.75) is 31.0 Å². The molecule has 1 saturated heterocycles. The number of allylic oxidation sites excluding steroid dienone is 1. The number of hydrogen-bond acceptors (Lipinski definition) is 7. The zero-order chi connectivity index (χ0) is 21.4. The predicted octanol–water partition coefficient (Wildman–Crippen LogP) is 0.963. The largest absolute Gasteiger partial charge is 0.422 e. The SMILES string of the molecule is N#Cc1ccnc(N2CCC(C(N)=C3C(N)=NC(=O)CC3(O)C(F)(F)F)CC2)c1. The van der Waals surface area contributed by atoms with Gasteiger partial charge in [0.2, 0.25) is 0 Å². The van der Waals surface area contributed by atoms with E-state index in [4.69, 9.17) is 16.7 Å². The molecule has 2 aliphatic rings. The van der Waals surface area contributed by atoms with Gasteiger partial charge >= 0.3 is 6.18 Å². The highest BCUT2D eigenvalue weighted by Gasteiger charge is 2.60. The van der Waals surface area contributed by atoms with Crippen molar-refractivity contribution in [1.82, 2.24) is 4.98 Å². The molecule has 11 heteroatoms. The van der Waals surface area contributed by atoms with Crippen molar-refractivity contribution in [1.29, 1.82) is 5.26 Å². The lowest BCUT2D eigenvalue weighted by Gasteiger charge is -2.38. The van der Waals surface area contributed by atoms with E-state index in [2.05, 4.69) is 9.98 Å². The maximum atomic E-state index is 13.6. The molecule has 0 bridgehead atoms. The number of nitriles is 1. The van der Waals surface area contributed by atoms with Crippen molar-refractivity contribution in [3.8, 4) is 6.07 Å². The highest BCUT2D eigenvalue weighted by atomic mass is 19.4. The molecule has 3 heterocycles. The van der Waals surface area contributed by atoms with Crippen molar-refractivity contribution >= 4 is 17.6 Å². The van der Waals surface area contributed by atoms with Gasteiger partial charge in [-0.25, -0.2) is 4.98 Å². The number of pyridine rings is 1. The molecular formula is C18H19F3N6O2. The lowest BCUT2D eigenvalue weighted by molar-refractivity contribution is -0.244. The first-order chi connectivity index (χ1) is 13.6. The van der Waals surface area contributed by atoms with Gasteiger partial charge in [0.15, 0.2) is 5.60 Å². The number of alkyl halides is 3. The average Bonchev–Trinajstić information content (AvgIpc) is 2.66. The molecule has 0 spiro atoms. The first kappa shape index (κ1) is 20.6. The third-order valence-corrected chi connectivity index (χ3v) is 5.21. The van der Waals surface area contributed by atoms with Crippen LogP contribution in [0.15, 0.2) is 34.6 Å². The quantitative estimate of drug-likeness (QED) is 0.662. The molecule has 8 nitrogen and oxygen atoms in total. The number of anilines is 1. The molecule has 1 aromatic rings. The van der Waals surface area contributed by atoms with Gasteiger partial charge in [-0.15, -0.1) is 0 Å². The minimum absolute atomic E-state index is 0.211. The summed E-state index contributed by atoms with van der Waals surface area (Å²) in [4.78, 5) is 21.0. The second-order valence-electron chi connectivity index (χ2n) is 7.03. The summed E-state index contributed by atoms with van der Waals surface area (Å²) in [6, 6.07) is 5.22. The Bertz CT molecular complexity index is 928. The molecule has 1 amide bonds. The summed E-state index contributed by atoms with van der Waals surface area (Å²) < 4.78 is 40.7. The van der Waals surface area contributed by atoms with Gasteiger partial charge in [0.05, 0.1) is 23.6 Å². The van der Waals surface area contributed by atoms with Gasteiger partial charge in [0.25, 0.3) is 5.91 Å². The van der Waals surface area contributed by atoms with Gasteiger partial charge in [0.1, 0.15) is 11.7 Å². The zero-order valence-electron chi connectivity index (χ0n) is 15.3. The average molecular weight is 408 g/mol. The van der Waals surface area contributed by atoms with Crippen molar-refractivity contribution in [2.75, 3.05) is 18.0 Å². The fourth-order valence-corrected chi connectivity index (χ4v) is 3.66. The first-order valence-electron chi connectivity index (χ1n) is 8.84. The standard InChI is InChI=1S/C18H19F3N6O2/c19-18(20,21)17(29)8-13(28)26-16(24)14(17)15(23)11-2-5-27(6-3-11)12-7-10(9-22)1-4-25-12/h1,4,7,11,29H,2-3,5-6,8,23H2,(H2,24,26,28). The summed E-state index contributed by atoms with van der Waals surface area (Å²) in [7, 11) is 0. The van der Waals surface area contributed by atoms with Crippen LogP contribution in [0.4, 0.5) is 19.0 Å². The molecule has 29 heavy (non-hydrogen) atoms. The Morgan fingerprint density at radius 2 is 2.03 bits per heavy atom. The zero-order valence-corrected chi connectivity index (χ0v) is 15.3. The van der Waals surface area contributed by atoms with Gasteiger partial charge in [0, 0.05) is 30.9 Å². The Hall–Kier alpha value is -3.13. The molecule has 1 atom stereocenters. The van der Waals surface area contributed by atoms with Crippen LogP contribution in [0.3, 0.4) is 0 Å². The van der Waals surface area contributed by atoms with Crippen LogP contribution in [0.25, 0.3) is 0 Å². The summed E-state index contributed by atoms with van der Waals surface area (Å²) in [5, 5.41) is 19.3. The van der Waals surface area contributed by atoms with Crippen LogP contribution >= 0.6 is 0 Å². The molecule has 0 saturated carbocycles. The lowest BCUT2D eigenvalue weighted by atomic mass is 9.80. The number of halogens is 3. The number of carbonyl (C=O) groups excluding carboxylic acids is 1. The van der Waals surface area contributed by atoms with Crippen LogP contribution in [-0.2, 0) is 4.79 Å². The smallest absolute Gasteiger partial charge is 0.401 e. The van der Waals surface area contributed by atoms with Crippen molar-refractivity contribution in [3.05, 3.63) is 35.2 Å². The van der Waals surface area contributed by atoms with Crippen LogP contribution in [0.1, 0.15) is 24.8 Å². The highest BCUT2D eigenvalue weighted by molar-refractivity contribution is 6.09. The van der Waals surface area contributed by atoms with Gasteiger partial charge in [-0.3, -0.25) is 4.79 Å². The number of piperidine rings is 1. The molecule has 154 valence electrons. The Kier molecular flexibility index (Phi) is 5.23. The van der Waals surface area contributed by atoms with Crippen molar-refractivity contribution in [2.24, 2.45) is 22.4 Å². The maximum Gasteiger partial charge on any atom is 0.422 e. The van der Waals surface area contributed by atoms with Crippen molar-refractivity contribution < 1.29 is 23.1 Å². The summed E-state index contributed by atoms with van der Waals surface area (Å²) in [6.07, 6.45) is -4.12. The van der Waals surface area contributed by atoms with E-state index < -0.39 is 41.4 Å². The monoisotopic (exact) mass is 408 g/mol. The fraction of sp³-hybridized carbons (Fsp3) is 0.444. The van der Waals surface area contributed by atoms with Crippen LogP contribution in [0.5, 0.6) is 0 Å². The Balaban J connectivity index is 1.87. The topological polar surface area (TPSA) is 142 Å². The molecule has 3 rings (SSSR count). The number of hydrogen-bond donors (Lipinski definition) is 3. The number of rotatable bonds is 2. The minimum atomic E-state index is -5.13. The molecule has 2 aliphatic heterocycles. The number of aliphatic imine (C=N–C) groups is 1. The second-order valence-corrected chi connectivity index (χ2v) is 7.03. The maximum absolute atomic E-state index is 13.6. The molecule has 0 radical (unpaired) electrons. The van der Waals surface area contributed by atoms with Crippen LogP contribution in [0, 0.1) is 17.2 Å². The molecule has 1 aromatic heterocycles. The number of nitrogens with two attached hydrogens (primary N) is 2. The lowest BCUT2D eigenvalue weighted by Crippen LogP contribution is -2.55. The Morgan fingerprint density at radius 3 is 2.62 bits per heavy atom. The van der Waals surface area contributed by atoms with E-state index in [1.807, 2.05) is 11.0 Å². The number of amidine groups is 1. The van der Waals surface area contributed by atoms with E-state index in [0.29, 0.717) is 37.3 Å². The summed E-state index contributed by atoms with van der Waals surface area (Å²) in [5.74, 6) is -1.76. The van der Waals surface area contributed by atoms with E-state index in [0.717, 1.165) is 0 Å². The minimum Gasteiger partial charge on any atom is -0.401 e. The third kappa shape index (κ3) is 3.75. The van der Waals surface area contributed by atoms with Gasteiger partial charge in [-0.05, 0) is 25.0 Å². The van der Waals surface area contributed by atoms with E-state index >= 15 is 0 Å². The summed E-state index contributed by atoms with van der Waals surface area (Å²) in [6.45, 7) is 0.863. The van der Waals surface area contributed by atoms with Crippen molar-refractivity contribution in [3.63, 3.8) is 0 Å². The summed E-state index contributed by atoms with van der Waals surface area (Å²) >= 11 is 0. The fourth-order valence-electron chi connectivity index (χ4n) is 3.66. The molecule has 0 aromatic carbocycles. The molecule has 5 N–H and O–H groups in total. The van der Waals surface area contributed by atoms with Gasteiger partial charge in [-0.2, -0.15) is 23.4 Å². The number of aliphatic hydroxyl groups is 1. The van der Waals surface area contributed by atoms with E-state index in [1.165, 1.54) is 6.20 Å². The molecular weight excluding hydrogens is 389 g/mol. The van der Waals surface area contributed by atoms with Crippen LogP contribution in [0.2, 0.25) is 0 Å². The normalized spacial score (nSPS) is 25.4. The molecule has 1 unspecified atom stereocenters. The van der Waals surface area contributed by atoms with Crippen LogP contribution < -0.4 is 16.4 Å². The van der Waals surface area contributed by atoms with E-state index in [1.54, 1.807) is 12.1 Å². The number of carbonyl (C=O) groups is 1. The predicted molar refractivity (Wildman–Crippen MR) is 97.4 cm³/mol. The Labute approximate surface area is 164 Å². The van der Waals surface area contributed by atoms with E-state index in [9.17, 15) is 23.1 Å². The Morgan fingerprint density at radius 1 is 1.38 bits per heavy atom. The number of nitrogens with zero attached hydrogens (tertiary/aromatic N) is 4. The second kappa shape index (κ2) is 7.36. The van der Waals surface area contributed by atoms with Crippen LogP contribution in [-0.4, -0.2) is 46.7 Å². The molecule has 0 aliphatic carbocycles. The van der Waals surface area contributed by atoms with Gasteiger partial charge < -0.3 is 21.5 Å². The van der Waals surface area contributed by atoms with Gasteiger partial charge in [-0.1, -0.05) is 0 Å². The van der Waals surface area contributed by atoms with E-state index in [-0.39, 0.29) is 5.70 Å².